The van der Waals surface area contributed by atoms with Crippen LogP contribution in [0.3, 0.4) is 0 Å². The topological polar surface area (TPSA) is 35.5 Å². The maximum absolute atomic E-state index is 11.3. The van der Waals surface area contributed by atoms with Crippen LogP contribution in [-0.2, 0) is 9.53 Å². The number of rotatable bonds is 1. The van der Waals surface area contributed by atoms with Gasteiger partial charge in [0.2, 0.25) is 0 Å². The molecule has 0 saturated heterocycles. The average molecular weight is 213 g/mol. The molecule has 1 aromatic rings. The molecule has 1 unspecified atom stereocenters. The summed E-state index contributed by atoms with van der Waals surface area (Å²) in [6.07, 6.45) is 0. The van der Waals surface area contributed by atoms with Crippen LogP contribution in [0.15, 0.2) is 18.2 Å². The number of halogens is 1. The minimum absolute atomic E-state index is 0.286. The molecule has 0 bridgehead atoms. The molecule has 1 aromatic carbocycles. The van der Waals surface area contributed by atoms with Gasteiger partial charge in [-0.2, -0.15) is 0 Å². The van der Waals surface area contributed by atoms with Gasteiger partial charge in [-0.3, -0.25) is 4.79 Å². The molecular weight excluding hydrogens is 204 g/mol. The molecule has 2 rings (SSSR count). The molecule has 1 atom stereocenters. The number of ether oxygens (including phenoxy) is 2. The summed E-state index contributed by atoms with van der Waals surface area (Å²) in [5, 5.41) is 0.600. The van der Waals surface area contributed by atoms with Gasteiger partial charge in [-0.05, 0) is 18.2 Å². The highest BCUT2D eigenvalue weighted by atomic mass is 35.5. The summed E-state index contributed by atoms with van der Waals surface area (Å²) in [6.45, 7) is 0.336. The van der Waals surface area contributed by atoms with Crippen LogP contribution in [0.4, 0.5) is 0 Å². The number of carbonyl (C=O) groups is 1. The first kappa shape index (κ1) is 9.34. The van der Waals surface area contributed by atoms with E-state index in [2.05, 4.69) is 4.74 Å². The Morgan fingerprint density at radius 2 is 2.43 bits per heavy atom. The van der Waals surface area contributed by atoms with Crippen LogP contribution < -0.4 is 4.74 Å². The van der Waals surface area contributed by atoms with Crippen molar-refractivity contribution < 1.29 is 14.3 Å². The van der Waals surface area contributed by atoms with Gasteiger partial charge in [0.15, 0.2) is 0 Å². The van der Waals surface area contributed by atoms with Crippen molar-refractivity contribution in [3.05, 3.63) is 28.8 Å². The zero-order chi connectivity index (χ0) is 10.1. The van der Waals surface area contributed by atoms with Crippen LogP contribution >= 0.6 is 11.6 Å². The first-order valence-corrected chi connectivity index (χ1v) is 4.60. The summed E-state index contributed by atoms with van der Waals surface area (Å²) in [4.78, 5) is 11.3. The van der Waals surface area contributed by atoms with Crippen molar-refractivity contribution in [1.29, 1.82) is 0 Å². The molecule has 1 aliphatic heterocycles. The Morgan fingerprint density at radius 1 is 1.64 bits per heavy atom. The van der Waals surface area contributed by atoms with E-state index in [-0.39, 0.29) is 11.9 Å². The summed E-state index contributed by atoms with van der Waals surface area (Å²) in [5.74, 6) is 0.0875. The summed E-state index contributed by atoms with van der Waals surface area (Å²) in [6, 6.07) is 5.24. The van der Waals surface area contributed by atoms with E-state index in [1.165, 1.54) is 7.11 Å². The van der Waals surface area contributed by atoms with Crippen LogP contribution in [0.25, 0.3) is 0 Å². The predicted molar refractivity (Wildman–Crippen MR) is 51.7 cm³/mol. The molecule has 74 valence electrons. The third-order valence-electron chi connectivity index (χ3n) is 2.24. The second kappa shape index (κ2) is 3.50. The van der Waals surface area contributed by atoms with Crippen LogP contribution in [-0.4, -0.2) is 19.7 Å². The molecule has 0 amide bonds. The number of carbonyl (C=O) groups excluding carboxylic acids is 1. The van der Waals surface area contributed by atoms with Crippen LogP contribution in [0.1, 0.15) is 11.5 Å². The van der Waals surface area contributed by atoms with Gasteiger partial charge >= 0.3 is 5.97 Å². The van der Waals surface area contributed by atoms with Crippen molar-refractivity contribution in [1.82, 2.24) is 0 Å². The Hall–Kier alpha value is -1.22. The van der Waals surface area contributed by atoms with Gasteiger partial charge in [0, 0.05) is 10.6 Å². The van der Waals surface area contributed by atoms with Crippen molar-refractivity contribution in [3.63, 3.8) is 0 Å². The number of hydrogen-bond acceptors (Lipinski definition) is 3. The Labute approximate surface area is 86.6 Å². The monoisotopic (exact) mass is 212 g/mol. The van der Waals surface area contributed by atoms with Gasteiger partial charge in [0.25, 0.3) is 0 Å². The molecule has 1 heterocycles. The van der Waals surface area contributed by atoms with E-state index in [1.807, 2.05) is 0 Å². The summed E-state index contributed by atoms with van der Waals surface area (Å²) in [5.41, 5.74) is 0.810. The zero-order valence-electron chi connectivity index (χ0n) is 7.62. The van der Waals surface area contributed by atoms with E-state index in [1.54, 1.807) is 18.2 Å². The standard InChI is InChI=1S/C10H9ClO3/c1-13-10(12)8-5-14-9-3-2-6(11)4-7(8)9/h2-4,8H,5H2,1H3. The number of fused-ring (bicyclic) bond motifs is 1. The second-order valence-corrected chi connectivity index (χ2v) is 3.51. The number of methoxy groups -OCH3 is 1. The smallest absolute Gasteiger partial charge is 0.316 e. The van der Waals surface area contributed by atoms with E-state index in [0.717, 1.165) is 5.56 Å². The first-order valence-electron chi connectivity index (χ1n) is 4.22. The maximum atomic E-state index is 11.3. The average Bonchev–Trinajstić information content (AvgIpc) is 2.59. The molecule has 0 spiro atoms. The van der Waals surface area contributed by atoms with Crippen LogP contribution in [0, 0.1) is 0 Å². The molecule has 3 nitrogen and oxygen atoms in total. The Morgan fingerprint density at radius 3 is 3.14 bits per heavy atom. The summed E-state index contributed by atoms with van der Waals surface area (Å²) < 4.78 is 10.00. The molecule has 0 N–H and O–H groups in total. The van der Waals surface area contributed by atoms with Crippen molar-refractivity contribution >= 4 is 17.6 Å². The van der Waals surface area contributed by atoms with Gasteiger partial charge in [-0.25, -0.2) is 0 Å². The lowest BCUT2D eigenvalue weighted by molar-refractivity contribution is -0.142. The molecule has 14 heavy (non-hydrogen) atoms. The molecule has 4 heteroatoms. The number of hydrogen-bond donors (Lipinski definition) is 0. The van der Waals surface area contributed by atoms with Gasteiger partial charge in [0.1, 0.15) is 18.3 Å². The fraction of sp³-hybridized carbons (Fsp3) is 0.300. The van der Waals surface area contributed by atoms with Crippen molar-refractivity contribution in [2.45, 2.75) is 5.92 Å². The molecule has 0 aromatic heterocycles. The third kappa shape index (κ3) is 1.44. The SMILES string of the molecule is COC(=O)C1COc2ccc(Cl)cc21. The summed E-state index contributed by atoms with van der Waals surface area (Å²) in [7, 11) is 1.37. The quantitative estimate of drug-likeness (QED) is 0.668. The molecule has 0 radical (unpaired) electrons. The van der Waals surface area contributed by atoms with Gasteiger partial charge in [-0.15, -0.1) is 0 Å². The Kier molecular flexibility index (Phi) is 2.33. The largest absolute Gasteiger partial charge is 0.492 e. The fourth-order valence-corrected chi connectivity index (χ4v) is 1.70. The van der Waals surface area contributed by atoms with Gasteiger partial charge in [-0.1, -0.05) is 11.6 Å². The normalized spacial score (nSPS) is 18.6. The zero-order valence-corrected chi connectivity index (χ0v) is 8.38. The highest BCUT2D eigenvalue weighted by molar-refractivity contribution is 6.30. The van der Waals surface area contributed by atoms with E-state index in [0.29, 0.717) is 17.4 Å². The predicted octanol–water partition coefficient (Wildman–Crippen LogP) is 1.99. The van der Waals surface area contributed by atoms with E-state index in [4.69, 9.17) is 16.3 Å². The van der Waals surface area contributed by atoms with Gasteiger partial charge < -0.3 is 9.47 Å². The van der Waals surface area contributed by atoms with Crippen LogP contribution in [0.2, 0.25) is 5.02 Å². The lowest BCUT2D eigenvalue weighted by Crippen LogP contribution is -2.15. The minimum Gasteiger partial charge on any atom is -0.492 e. The molecule has 1 aliphatic rings. The molecular formula is C10H9ClO3. The highest BCUT2D eigenvalue weighted by Gasteiger charge is 2.31. The van der Waals surface area contributed by atoms with E-state index < -0.39 is 0 Å². The Bertz CT molecular complexity index is 376. The lowest BCUT2D eigenvalue weighted by Gasteiger charge is -2.05. The molecule has 0 saturated carbocycles. The maximum Gasteiger partial charge on any atom is 0.316 e. The number of benzene rings is 1. The second-order valence-electron chi connectivity index (χ2n) is 3.07. The first-order chi connectivity index (χ1) is 6.72. The molecule has 0 fully saturated rings. The number of esters is 1. The minimum atomic E-state index is -0.339. The van der Waals surface area contributed by atoms with Crippen molar-refractivity contribution in [2.24, 2.45) is 0 Å². The summed E-state index contributed by atoms with van der Waals surface area (Å²) >= 11 is 5.83. The Balaban J connectivity index is 2.38. The fourth-order valence-electron chi connectivity index (χ4n) is 1.52. The van der Waals surface area contributed by atoms with Crippen molar-refractivity contribution in [3.8, 4) is 5.75 Å². The molecule has 0 aliphatic carbocycles. The third-order valence-corrected chi connectivity index (χ3v) is 2.47. The van der Waals surface area contributed by atoms with Crippen LogP contribution in [0.5, 0.6) is 5.75 Å². The van der Waals surface area contributed by atoms with Gasteiger partial charge in [0.05, 0.1) is 7.11 Å². The van der Waals surface area contributed by atoms with E-state index >= 15 is 0 Å². The highest BCUT2D eigenvalue weighted by Crippen LogP contribution is 2.36. The lowest BCUT2D eigenvalue weighted by atomic mass is 10.0. The van der Waals surface area contributed by atoms with E-state index in [9.17, 15) is 4.79 Å². The van der Waals surface area contributed by atoms with Crippen molar-refractivity contribution in [2.75, 3.05) is 13.7 Å².